The van der Waals surface area contributed by atoms with Gasteiger partial charge in [-0.1, -0.05) is 43.2 Å². The number of aliphatic hydroxyl groups is 1. The molecule has 1 aliphatic heterocycles. The summed E-state index contributed by atoms with van der Waals surface area (Å²) in [5, 5.41) is 11.1. The average Bonchev–Trinajstić information content (AvgIpc) is 3.22. The van der Waals surface area contributed by atoms with Crippen molar-refractivity contribution in [2.24, 2.45) is 5.92 Å². The molecule has 0 bridgehead atoms. The zero-order valence-corrected chi connectivity index (χ0v) is 17.0. The lowest BCUT2D eigenvalue weighted by Gasteiger charge is -2.30. The lowest BCUT2D eigenvalue weighted by molar-refractivity contribution is -0.152. The predicted molar refractivity (Wildman–Crippen MR) is 104 cm³/mol. The quantitative estimate of drug-likeness (QED) is 0.447. The maximum absolute atomic E-state index is 11.7. The Bertz CT molecular complexity index is 614. The minimum atomic E-state index is -0.883. The van der Waals surface area contributed by atoms with Gasteiger partial charge in [0.1, 0.15) is 11.7 Å². The second-order valence-electron chi connectivity index (χ2n) is 8.23. The van der Waals surface area contributed by atoms with Crippen LogP contribution in [0.3, 0.4) is 0 Å². The minimum absolute atomic E-state index is 0.00691. The number of carbonyl (C=O) groups is 1. The topological polar surface area (TPSA) is 59.1 Å². The number of carbonyl (C=O) groups excluding carboxylic acids is 1. The number of allylic oxidation sites excluding steroid dienone is 5. The molecule has 2 rings (SSSR count). The molecule has 146 valence electrons. The van der Waals surface area contributed by atoms with Crippen LogP contribution in [0.2, 0.25) is 0 Å². The lowest BCUT2D eigenvalue weighted by atomic mass is 9.85. The summed E-state index contributed by atoms with van der Waals surface area (Å²) in [6, 6.07) is 0. The van der Waals surface area contributed by atoms with E-state index >= 15 is 0 Å². The van der Waals surface area contributed by atoms with Gasteiger partial charge in [0.2, 0.25) is 0 Å². The maximum atomic E-state index is 11.7. The fourth-order valence-corrected chi connectivity index (χ4v) is 3.62. The van der Waals surface area contributed by atoms with Crippen molar-refractivity contribution in [3.63, 3.8) is 0 Å². The highest BCUT2D eigenvalue weighted by molar-refractivity contribution is 5.66. The van der Waals surface area contributed by atoms with Gasteiger partial charge in [0.15, 0.2) is 6.10 Å². The summed E-state index contributed by atoms with van der Waals surface area (Å²) in [7, 11) is 0. The van der Waals surface area contributed by atoms with E-state index < -0.39 is 17.8 Å². The van der Waals surface area contributed by atoms with Gasteiger partial charge >= 0.3 is 5.97 Å². The van der Waals surface area contributed by atoms with Crippen LogP contribution in [0.1, 0.15) is 67.2 Å². The van der Waals surface area contributed by atoms with Gasteiger partial charge in [0.25, 0.3) is 0 Å². The minimum Gasteiger partial charge on any atom is -0.455 e. The number of fused-ring (bicyclic) bond motifs is 1. The zero-order chi connectivity index (χ0) is 19.5. The average molecular weight is 363 g/mol. The van der Waals surface area contributed by atoms with Crippen molar-refractivity contribution in [1.29, 1.82) is 0 Å². The van der Waals surface area contributed by atoms with E-state index in [0.717, 1.165) is 31.3 Å². The number of hydrogen-bond donors (Lipinski definition) is 1. The van der Waals surface area contributed by atoms with Crippen LogP contribution in [0.15, 0.2) is 34.9 Å². The molecule has 1 saturated heterocycles. The molecule has 26 heavy (non-hydrogen) atoms. The summed E-state index contributed by atoms with van der Waals surface area (Å²) in [6.07, 6.45) is 8.67. The molecule has 0 aromatic carbocycles. The van der Waals surface area contributed by atoms with Crippen LogP contribution in [0.5, 0.6) is 0 Å². The third kappa shape index (κ3) is 5.08. The van der Waals surface area contributed by atoms with Gasteiger partial charge in [0, 0.05) is 6.92 Å². The first-order valence-electron chi connectivity index (χ1n) is 9.71. The monoisotopic (exact) mass is 362 g/mol. The molecule has 2 aliphatic rings. The molecule has 1 heterocycles. The van der Waals surface area contributed by atoms with Crippen molar-refractivity contribution < 1.29 is 19.4 Å². The van der Waals surface area contributed by atoms with Gasteiger partial charge in [-0.15, -0.1) is 0 Å². The van der Waals surface area contributed by atoms with Crippen LogP contribution < -0.4 is 0 Å². The largest absolute Gasteiger partial charge is 0.455 e. The van der Waals surface area contributed by atoms with E-state index in [1.165, 1.54) is 18.1 Å². The van der Waals surface area contributed by atoms with Gasteiger partial charge in [-0.25, -0.2) is 0 Å². The Hall–Kier alpha value is -1.39. The van der Waals surface area contributed by atoms with Crippen molar-refractivity contribution in [3.8, 4) is 0 Å². The SMILES string of the molecule is CC(=O)O[C@@H]1C(C(C)C)=CC=C(C)CCC=C(C)CC[C@@H]2O[C@@]2(C)[C@H]1O. The lowest BCUT2D eigenvalue weighted by Crippen LogP contribution is -2.44. The highest BCUT2D eigenvalue weighted by Crippen LogP contribution is 2.45. The molecule has 0 amide bonds. The standard InChI is InChI=1S/C22H34O4/c1-14(2)18-12-10-15(3)8-7-9-16(4)11-13-19-22(6,26-19)21(24)20(18)25-17(5)23/h9-10,12,14,19-21,24H,7-8,11,13H2,1-6H3/t19-,20+,21-,22+/m0/s1. The Labute approximate surface area is 158 Å². The van der Waals surface area contributed by atoms with Gasteiger partial charge in [-0.05, 0) is 57.9 Å². The molecule has 0 saturated carbocycles. The van der Waals surface area contributed by atoms with Gasteiger partial charge in [-0.2, -0.15) is 0 Å². The third-order valence-corrected chi connectivity index (χ3v) is 5.53. The molecular weight excluding hydrogens is 328 g/mol. The molecule has 1 aliphatic carbocycles. The van der Waals surface area contributed by atoms with Crippen LogP contribution in [-0.2, 0) is 14.3 Å². The molecule has 0 unspecified atom stereocenters. The van der Waals surface area contributed by atoms with Crippen LogP contribution in [0.25, 0.3) is 0 Å². The third-order valence-electron chi connectivity index (χ3n) is 5.53. The maximum Gasteiger partial charge on any atom is 0.303 e. The first-order chi connectivity index (χ1) is 12.1. The number of ether oxygens (including phenoxy) is 2. The van der Waals surface area contributed by atoms with E-state index in [1.807, 2.05) is 13.0 Å². The van der Waals surface area contributed by atoms with Crippen LogP contribution in [-0.4, -0.2) is 35.0 Å². The molecule has 1 fully saturated rings. The van der Waals surface area contributed by atoms with Crippen LogP contribution in [0.4, 0.5) is 0 Å². The molecule has 0 radical (unpaired) electrons. The summed E-state index contributed by atoms with van der Waals surface area (Å²) < 4.78 is 11.5. The number of aliphatic hydroxyl groups excluding tert-OH is 1. The van der Waals surface area contributed by atoms with Crippen LogP contribution in [0, 0.1) is 5.92 Å². The van der Waals surface area contributed by atoms with E-state index in [2.05, 4.69) is 39.8 Å². The Balaban J connectivity index is 2.40. The summed E-state index contributed by atoms with van der Waals surface area (Å²) in [6.45, 7) is 11.7. The van der Waals surface area contributed by atoms with E-state index in [9.17, 15) is 9.90 Å². The number of esters is 1. The van der Waals surface area contributed by atoms with E-state index in [4.69, 9.17) is 9.47 Å². The van der Waals surface area contributed by atoms with E-state index in [-0.39, 0.29) is 18.0 Å². The Morgan fingerprint density at radius 1 is 1.27 bits per heavy atom. The second-order valence-corrected chi connectivity index (χ2v) is 8.23. The fourth-order valence-electron chi connectivity index (χ4n) is 3.62. The van der Waals surface area contributed by atoms with Crippen molar-refractivity contribution in [3.05, 3.63) is 34.9 Å². The predicted octanol–water partition coefficient (Wildman–Crippen LogP) is 4.49. The first kappa shape index (κ1) is 20.9. The van der Waals surface area contributed by atoms with Crippen molar-refractivity contribution in [1.82, 2.24) is 0 Å². The van der Waals surface area contributed by atoms with Gasteiger partial charge in [-0.3, -0.25) is 4.79 Å². The van der Waals surface area contributed by atoms with Crippen molar-refractivity contribution in [2.45, 2.75) is 91.1 Å². The molecule has 0 spiro atoms. The second kappa shape index (κ2) is 8.53. The summed E-state index contributed by atoms with van der Waals surface area (Å²) >= 11 is 0. The molecule has 0 aromatic rings. The summed E-state index contributed by atoms with van der Waals surface area (Å²) in [5.41, 5.74) is 2.88. The molecule has 1 N–H and O–H groups in total. The van der Waals surface area contributed by atoms with Crippen molar-refractivity contribution in [2.75, 3.05) is 0 Å². The normalized spacial score (nSPS) is 33.4. The molecule has 4 nitrogen and oxygen atoms in total. The highest BCUT2D eigenvalue weighted by atomic mass is 16.6. The van der Waals surface area contributed by atoms with E-state index in [1.54, 1.807) is 0 Å². The Morgan fingerprint density at radius 3 is 2.58 bits per heavy atom. The number of hydrogen-bond acceptors (Lipinski definition) is 4. The molecule has 0 aromatic heterocycles. The molecule has 4 heteroatoms. The number of rotatable bonds is 2. The smallest absolute Gasteiger partial charge is 0.303 e. The van der Waals surface area contributed by atoms with Gasteiger partial charge in [0.05, 0.1) is 6.10 Å². The number of epoxide rings is 1. The summed E-state index contributed by atoms with van der Waals surface area (Å²) in [5.74, 6) is -0.240. The van der Waals surface area contributed by atoms with Gasteiger partial charge < -0.3 is 14.6 Å². The highest BCUT2D eigenvalue weighted by Gasteiger charge is 2.60. The molecular formula is C22H34O4. The first-order valence-corrected chi connectivity index (χ1v) is 9.71. The molecule has 4 atom stereocenters. The summed E-state index contributed by atoms with van der Waals surface area (Å²) in [4.78, 5) is 11.7. The Kier molecular flexibility index (Phi) is 6.86. The fraction of sp³-hybridized carbons (Fsp3) is 0.682. The zero-order valence-electron chi connectivity index (χ0n) is 17.0. The van der Waals surface area contributed by atoms with Crippen molar-refractivity contribution >= 4 is 5.97 Å². The Morgan fingerprint density at radius 2 is 1.96 bits per heavy atom. The van der Waals surface area contributed by atoms with Crippen LogP contribution >= 0.6 is 0 Å². The van der Waals surface area contributed by atoms with E-state index in [0.29, 0.717) is 0 Å².